The number of anilines is 1. The van der Waals surface area contributed by atoms with Crippen LogP contribution in [0.3, 0.4) is 0 Å². The first-order valence-electron chi connectivity index (χ1n) is 7.79. The number of para-hydroxylation sites is 1. The molecule has 2 aromatic rings. The number of thiocarbonyl (C=S) groups is 1. The summed E-state index contributed by atoms with van der Waals surface area (Å²) in [6.45, 7) is 8.80. The Balaban J connectivity index is 1.84. The van der Waals surface area contributed by atoms with Gasteiger partial charge in [0.1, 0.15) is 12.4 Å². The third-order valence-corrected chi connectivity index (χ3v) is 3.81. The predicted octanol–water partition coefficient (Wildman–Crippen LogP) is 4.37. The molecule has 0 spiro atoms. The van der Waals surface area contributed by atoms with E-state index in [2.05, 4.69) is 36.6 Å². The van der Waals surface area contributed by atoms with Gasteiger partial charge in [0.25, 0.3) is 0 Å². The Hall–Kier alpha value is -2.07. The fourth-order valence-corrected chi connectivity index (χ4v) is 2.62. The number of nitrogens with one attached hydrogen (secondary N) is 2. The van der Waals surface area contributed by atoms with Crippen molar-refractivity contribution in [2.24, 2.45) is 0 Å². The lowest BCUT2D eigenvalue weighted by Crippen LogP contribution is -2.39. The molecule has 1 atom stereocenters. The van der Waals surface area contributed by atoms with Crippen LogP contribution in [0.25, 0.3) is 0 Å². The molecule has 0 bridgehead atoms. The third-order valence-electron chi connectivity index (χ3n) is 3.59. The number of ether oxygens (including phenoxy) is 1. The highest BCUT2D eigenvalue weighted by atomic mass is 32.1. The molecular weight excluding hydrogens is 304 g/mol. The van der Waals surface area contributed by atoms with Gasteiger partial charge in [0.05, 0.1) is 6.04 Å². The Labute approximate surface area is 144 Å². The van der Waals surface area contributed by atoms with Crippen LogP contribution >= 0.6 is 12.2 Å². The van der Waals surface area contributed by atoms with E-state index in [1.165, 1.54) is 11.1 Å². The van der Waals surface area contributed by atoms with Gasteiger partial charge in [-0.2, -0.15) is 0 Å². The predicted molar refractivity (Wildman–Crippen MR) is 101 cm³/mol. The third kappa shape index (κ3) is 5.25. The lowest BCUT2D eigenvalue weighted by Gasteiger charge is -2.19. The minimum Gasteiger partial charge on any atom is -0.491 e. The van der Waals surface area contributed by atoms with Gasteiger partial charge in [-0.15, -0.1) is 0 Å². The Kier molecular flexibility index (Phi) is 5.99. The molecule has 4 heteroatoms. The molecule has 0 saturated carbocycles. The van der Waals surface area contributed by atoms with E-state index in [4.69, 9.17) is 17.0 Å². The molecule has 0 radical (unpaired) electrons. The van der Waals surface area contributed by atoms with Crippen LogP contribution in [0.15, 0.2) is 42.5 Å². The maximum absolute atomic E-state index is 5.84. The van der Waals surface area contributed by atoms with Gasteiger partial charge in [0.15, 0.2) is 5.11 Å². The van der Waals surface area contributed by atoms with E-state index in [1.54, 1.807) is 0 Å². The van der Waals surface area contributed by atoms with E-state index in [0.717, 1.165) is 17.0 Å². The van der Waals surface area contributed by atoms with E-state index in [9.17, 15) is 0 Å². The van der Waals surface area contributed by atoms with Gasteiger partial charge in [-0.25, -0.2) is 0 Å². The summed E-state index contributed by atoms with van der Waals surface area (Å²) in [5.41, 5.74) is 4.58. The van der Waals surface area contributed by atoms with E-state index in [1.807, 2.05) is 44.2 Å². The van der Waals surface area contributed by atoms with Crippen molar-refractivity contribution >= 4 is 23.0 Å². The molecule has 2 aromatic carbocycles. The van der Waals surface area contributed by atoms with E-state index in [-0.39, 0.29) is 6.04 Å². The zero-order valence-electron chi connectivity index (χ0n) is 14.1. The van der Waals surface area contributed by atoms with Crippen molar-refractivity contribution in [3.63, 3.8) is 0 Å². The number of hydrogen-bond acceptors (Lipinski definition) is 2. The molecule has 0 fully saturated rings. The van der Waals surface area contributed by atoms with Crippen LogP contribution < -0.4 is 15.4 Å². The highest BCUT2D eigenvalue weighted by molar-refractivity contribution is 7.80. The standard InChI is InChI=1S/C19H24N2OS/c1-13-9-10-17(15(3)11-13)21-19(23)20-16(4)12-22-18-8-6-5-7-14(18)2/h5-11,16H,12H2,1-4H3,(H2,20,21,23)/t16-/m0/s1. The molecule has 3 nitrogen and oxygen atoms in total. The fraction of sp³-hybridized carbons (Fsp3) is 0.316. The zero-order chi connectivity index (χ0) is 16.8. The molecule has 2 N–H and O–H groups in total. The van der Waals surface area contributed by atoms with Gasteiger partial charge in [0, 0.05) is 5.69 Å². The second-order valence-electron chi connectivity index (χ2n) is 5.89. The van der Waals surface area contributed by atoms with Crippen molar-refractivity contribution in [1.29, 1.82) is 0 Å². The smallest absolute Gasteiger partial charge is 0.171 e. The van der Waals surface area contributed by atoms with Gasteiger partial charge in [-0.05, 0) is 63.2 Å². The van der Waals surface area contributed by atoms with E-state index < -0.39 is 0 Å². The number of aryl methyl sites for hydroxylation is 3. The van der Waals surface area contributed by atoms with Crippen LogP contribution in [-0.2, 0) is 0 Å². The van der Waals surface area contributed by atoms with Gasteiger partial charge in [-0.1, -0.05) is 35.9 Å². The molecule has 0 aliphatic heterocycles. The average molecular weight is 328 g/mol. The summed E-state index contributed by atoms with van der Waals surface area (Å²) < 4.78 is 5.84. The van der Waals surface area contributed by atoms with Crippen LogP contribution in [-0.4, -0.2) is 17.8 Å². The normalized spacial score (nSPS) is 11.7. The van der Waals surface area contributed by atoms with E-state index >= 15 is 0 Å². The monoisotopic (exact) mass is 328 g/mol. The van der Waals surface area contributed by atoms with Crippen LogP contribution in [0.5, 0.6) is 5.75 Å². The largest absolute Gasteiger partial charge is 0.491 e. The molecule has 0 aliphatic rings. The van der Waals surface area contributed by atoms with Crippen LogP contribution in [0.4, 0.5) is 5.69 Å². The highest BCUT2D eigenvalue weighted by Gasteiger charge is 2.07. The molecule has 122 valence electrons. The Bertz CT molecular complexity index is 685. The summed E-state index contributed by atoms with van der Waals surface area (Å²) in [6, 6.07) is 14.4. The summed E-state index contributed by atoms with van der Waals surface area (Å²) >= 11 is 5.38. The number of rotatable bonds is 5. The molecule has 0 amide bonds. The van der Waals surface area contributed by atoms with Crippen LogP contribution in [0.2, 0.25) is 0 Å². The minimum absolute atomic E-state index is 0.111. The van der Waals surface area contributed by atoms with E-state index in [0.29, 0.717) is 11.7 Å². The summed E-state index contributed by atoms with van der Waals surface area (Å²) in [6.07, 6.45) is 0. The Morgan fingerprint density at radius 2 is 1.83 bits per heavy atom. The summed E-state index contributed by atoms with van der Waals surface area (Å²) in [7, 11) is 0. The summed E-state index contributed by atoms with van der Waals surface area (Å²) in [5, 5.41) is 7.11. The van der Waals surface area contributed by atoms with Crippen molar-refractivity contribution in [2.75, 3.05) is 11.9 Å². The first-order chi connectivity index (χ1) is 11.0. The fourth-order valence-electron chi connectivity index (χ4n) is 2.31. The molecule has 2 rings (SSSR count). The van der Waals surface area contributed by atoms with Crippen molar-refractivity contribution in [2.45, 2.75) is 33.7 Å². The van der Waals surface area contributed by atoms with Crippen molar-refractivity contribution < 1.29 is 4.74 Å². The van der Waals surface area contributed by atoms with Crippen LogP contribution in [0, 0.1) is 20.8 Å². The Morgan fingerprint density at radius 3 is 2.52 bits per heavy atom. The Morgan fingerprint density at radius 1 is 1.09 bits per heavy atom. The topological polar surface area (TPSA) is 33.3 Å². The maximum Gasteiger partial charge on any atom is 0.171 e. The summed E-state index contributed by atoms with van der Waals surface area (Å²) in [4.78, 5) is 0. The number of hydrogen-bond donors (Lipinski definition) is 2. The second-order valence-corrected chi connectivity index (χ2v) is 6.30. The van der Waals surface area contributed by atoms with Gasteiger partial charge >= 0.3 is 0 Å². The maximum atomic E-state index is 5.84. The summed E-state index contributed by atoms with van der Waals surface area (Å²) in [5.74, 6) is 0.911. The van der Waals surface area contributed by atoms with Crippen molar-refractivity contribution in [1.82, 2.24) is 5.32 Å². The first kappa shape index (κ1) is 17.3. The van der Waals surface area contributed by atoms with Crippen LogP contribution in [0.1, 0.15) is 23.6 Å². The lowest BCUT2D eigenvalue weighted by molar-refractivity contribution is 0.285. The SMILES string of the molecule is Cc1ccc(NC(=S)N[C@@H](C)COc2ccccc2C)c(C)c1. The second kappa shape index (κ2) is 7.97. The highest BCUT2D eigenvalue weighted by Crippen LogP contribution is 2.17. The molecule has 0 aliphatic carbocycles. The van der Waals surface area contributed by atoms with Gasteiger partial charge in [-0.3, -0.25) is 0 Å². The quantitative estimate of drug-likeness (QED) is 0.799. The lowest BCUT2D eigenvalue weighted by atomic mass is 10.1. The van der Waals surface area contributed by atoms with Crippen molar-refractivity contribution in [3.8, 4) is 5.75 Å². The van der Waals surface area contributed by atoms with Gasteiger partial charge in [0.2, 0.25) is 0 Å². The molecule has 0 unspecified atom stereocenters. The molecule has 0 aromatic heterocycles. The zero-order valence-corrected chi connectivity index (χ0v) is 15.0. The molecule has 0 heterocycles. The molecular formula is C19H24N2OS. The molecule has 0 saturated heterocycles. The van der Waals surface area contributed by atoms with Crippen molar-refractivity contribution in [3.05, 3.63) is 59.2 Å². The molecule has 23 heavy (non-hydrogen) atoms. The average Bonchev–Trinajstić information content (AvgIpc) is 2.49. The minimum atomic E-state index is 0.111. The van der Waals surface area contributed by atoms with Gasteiger partial charge < -0.3 is 15.4 Å². The first-order valence-corrected chi connectivity index (χ1v) is 8.19. The number of benzene rings is 2.